The van der Waals surface area contributed by atoms with E-state index in [-0.39, 0.29) is 11.8 Å². The third-order valence-corrected chi connectivity index (χ3v) is 3.68. The average Bonchev–Trinajstić information content (AvgIpc) is 2.33. The van der Waals surface area contributed by atoms with E-state index in [1.165, 1.54) is 6.42 Å². The summed E-state index contributed by atoms with van der Waals surface area (Å²) in [6, 6.07) is 7.27. The smallest absolute Gasteiger partial charge is 0.311 e. The molecule has 1 atom stereocenters. The molecule has 1 aliphatic carbocycles. The molecule has 1 aromatic rings. The van der Waals surface area contributed by atoms with Crippen LogP contribution in [0.15, 0.2) is 24.3 Å². The predicted molar refractivity (Wildman–Crippen MR) is 67.8 cm³/mol. The number of nitrogen functional groups attached to an aromatic ring is 1. The van der Waals surface area contributed by atoms with Gasteiger partial charge in [-0.25, -0.2) is 0 Å². The Morgan fingerprint density at radius 3 is 2.29 bits per heavy atom. The van der Waals surface area contributed by atoms with Crippen LogP contribution in [0.2, 0.25) is 0 Å². The zero-order valence-corrected chi connectivity index (χ0v) is 9.93. The Morgan fingerprint density at radius 2 is 1.76 bits per heavy atom. The molecule has 0 aromatic heterocycles. The summed E-state index contributed by atoms with van der Waals surface area (Å²) >= 11 is 0. The summed E-state index contributed by atoms with van der Waals surface area (Å²) in [5.41, 5.74) is 7.20. The highest BCUT2D eigenvalue weighted by Gasteiger charge is 2.30. The van der Waals surface area contributed by atoms with E-state index < -0.39 is 5.97 Å². The minimum absolute atomic E-state index is 0.282. The molecule has 0 spiro atoms. The van der Waals surface area contributed by atoms with Crippen LogP contribution in [0.3, 0.4) is 0 Å². The normalized spacial score (nSPS) is 18.8. The van der Waals surface area contributed by atoms with Gasteiger partial charge in [0.1, 0.15) is 0 Å². The minimum Gasteiger partial charge on any atom is -0.481 e. The Labute approximate surface area is 102 Å². The third kappa shape index (κ3) is 2.78. The molecule has 92 valence electrons. The molecule has 0 unspecified atom stereocenters. The lowest BCUT2D eigenvalue weighted by Gasteiger charge is -2.27. The molecule has 0 amide bonds. The van der Waals surface area contributed by atoms with E-state index >= 15 is 0 Å². The van der Waals surface area contributed by atoms with Gasteiger partial charge in [0.2, 0.25) is 0 Å². The molecule has 1 fully saturated rings. The van der Waals surface area contributed by atoms with Crippen molar-refractivity contribution >= 4 is 11.7 Å². The molecular weight excluding hydrogens is 214 g/mol. The standard InChI is InChI=1S/C14H19NO2/c15-12-8-6-11(7-9-12)13(14(16)17)10-4-2-1-3-5-10/h6-10,13H,1-5,15H2,(H,16,17)/t13-/m1/s1. The first kappa shape index (κ1) is 12.0. The van der Waals surface area contributed by atoms with Crippen LogP contribution in [0.4, 0.5) is 5.69 Å². The second-order valence-electron chi connectivity index (χ2n) is 4.88. The van der Waals surface area contributed by atoms with Gasteiger partial charge in [0.05, 0.1) is 5.92 Å². The van der Waals surface area contributed by atoms with E-state index in [0.717, 1.165) is 31.2 Å². The van der Waals surface area contributed by atoms with Crippen molar-refractivity contribution in [3.05, 3.63) is 29.8 Å². The van der Waals surface area contributed by atoms with Gasteiger partial charge in [0.15, 0.2) is 0 Å². The Balaban J connectivity index is 2.21. The molecule has 3 N–H and O–H groups in total. The molecule has 1 aliphatic rings. The summed E-state index contributed by atoms with van der Waals surface area (Å²) in [5.74, 6) is -0.789. The van der Waals surface area contributed by atoms with Crippen molar-refractivity contribution < 1.29 is 9.90 Å². The first-order chi connectivity index (χ1) is 8.18. The SMILES string of the molecule is Nc1ccc([C@H](C(=O)O)C2CCCCC2)cc1. The Bertz CT molecular complexity index is 380. The summed E-state index contributed by atoms with van der Waals surface area (Å²) in [5, 5.41) is 9.42. The van der Waals surface area contributed by atoms with Gasteiger partial charge in [-0.05, 0) is 36.5 Å². The first-order valence-electron chi connectivity index (χ1n) is 6.26. The molecule has 0 radical (unpaired) electrons. The van der Waals surface area contributed by atoms with Gasteiger partial charge >= 0.3 is 5.97 Å². The van der Waals surface area contributed by atoms with Crippen molar-refractivity contribution in [3.63, 3.8) is 0 Å². The Kier molecular flexibility index (Phi) is 3.67. The largest absolute Gasteiger partial charge is 0.481 e. The fourth-order valence-corrected chi connectivity index (χ4v) is 2.79. The van der Waals surface area contributed by atoms with Gasteiger partial charge in [-0.1, -0.05) is 31.4 Å². The van der Waals surface area contributed by atoms with Gasteiger partial charge < -0.3 is 10.8 Å². The van der Waals surface area contributed by atoms with Crippen molar-refractivity contribution in [2.75, 3.05) is 5.73 Å². The summed E-state index contributed by atoms with van der Waals surface area (Å²) in [7, 11) is 0. The Hall–Kier alpha value is -1.51. The van der Waals surface area contributed by atoms with Gasteiger partial charge in [-0.2, -0.15) is 0 Å². The van der Waals surface area contributed by atoms with E-state index in [4.69, 9.17) is 5.73 Å². The molecule has 0 bridgehead atoms. The zero-order chi connectivity index (χ0) is 12.3. The second-order valence-corrected chi connectivity index (χ2v) is 4.88. The lowest BCUT2D eigenvalue weighted by atomic mass is 9.77. The van der Waals surface area contributed by atoms with Gasteiger partial charge in [0, 0.05) is 5.69 Å². The second kappa shape index (κ2) is 5.21. The number of aliphatic carboxylic acids is 1. The number of carboxylic acids is 1. The molecule has 0 aliphatic heterocycles. The summed E-state index contributed by atoms with van der Waals surface area (Å²) in [6.07, 6.45) is 5.61. The Morgan fingerprint density at radius 1 is 1.18 bits per heavy atom. The lowest BCUT2D eigenvalue weighted by Crippen LogP contribution is -2.23. The van der Waals surface area contributed by atoms with Crippen molar-refractivity contribution in [2.45, 2.75) is 38.0 Å². The maximum absolute atomic E-state index is 11.5. The fraction of sp³-hybridized carbons (Fsp3) is 0.500. The van der Waals surface area contributed by atoms with Crippen LogP contribution in [0.1, 0.15) is 43.6 Å². The van der Waals surface area contributed by atoms with Crippen molar-refractivity contribution in [3.8, 4) is 0 Å². The maximum Gasteiger partial charge on any atom is 0.311 e. The minimum atomic E-state index is -0.707. The molecule has 3 nitrogen and oxygen atoms in total. The van der Waals surface area contributed by atoms with Crippen LogP contribution in [-0.2, 0) is 4.79 Å². The number of rotatable bonds is 3. The van der Waals surface area contributed by atoms with Gasteiger partial charge in [-0.3, -0.25) is 4.79 Å². The molecule has 0 heterocycles. The number of anilines is 1. The van der Waals surface area contributed by atoms with Crippen LogP contribution in [-0.4, -0.2) is 11.1 Å². The number of hydrogen-bond donors (Lipinski definition) is 2. The van der Waals surface area contributed by atoms with E-state index in [2.05, 4.69) is 0 Å². The number of benzene rings is 1. The molecule has 1 aromatic carbocycles. The van der Waals surface area contributed by atoms with Crippen molar-refractivity contribution in [2.24, 2.45) is 5.92 Å². The molecule has 17 heavy (non-hydrogen) atoms. The highest BCUT2D eigenvalue weighted by atomic mass is 16.4. The lowest BCUT2D eigenvalue weighted by molar-refractivity contribution is -0.140. The highest BCUT2D eigenvalue weighted by molar-refractivity contribution is 5.76. The molecule has 1 saturated carbocycles. The number of carboxylic acid groups (broad SMARTS) is 1. The van der Waals surface area contributed by atoms with Crippen molar-refractivity contribution in [1.82, 2.24) is 0 Å². The van der Waals surface area contributed by atoms with Gasteiger partial charge in [-0.15, -0.1) is 0 Å². The zero-order valence-electron chi connectivity index (χ0n) is 9.93. The van der Waals surface area contributed by atoms with E-state index in [0.29, 0.717) is 5.69 Å². The fourth-order valence-electron chi connectivity index (χ4n) is 2.79. The predicted octanol–water partition coefficient (Wildman–Crippen LogP) is 3.02. The van der Waals surface area contributed by atoms with Crippen molar-refractivity contribution in [1.29, 1.82) is 0 Å². The van der Waals surface area contributed by atoms with E-state index in [1.54, 1.807) is 12.1 Å². The van der Waals surface area contributed by atoms with E-state index in [1.807, 2.05) is 12.1 Å². The summed E-state index contributed by atoms with van der Waals surface area (Å²) < 4.78 is 0. The summed E-state index contributed by atoms with van der Waals surface area (Å²) in [6.45, 7) is 0. The topological polar surface area (TPSA) is 63.3 Å². The van der Waals surface area contributed by atoms with Crippen LogP contribution < -0.4 is 5.73 Å². The molecular formula is C14H19NO2. The molecule has 2 rings (SSSR count). The summed E-state index contributed by atoms with van der Waals surface area (Å²) in [4.78, 5) is 11.5. The highest BCUT2D eigenvalue weighted by Crippen LogP contribution is 2.36. The van der Waals surface area contributed by atoms with Gasteiger partial charge in [0.25, 0.3) is 0 Å². The average molecular weight is 233 g/mol. The number of carbonyl (C=O) groups is 1. The van der Waals surface area contributed by atoms with Crippen LogP contribution in [0, 0.1) is 5.92 Å². The monoisotopic (exact) mass is 233 g/mol. The quantitative estimate of drug-likeness (QED) is 0.789. The third-order valence-electron chi connectivity index (χ3n) is 3.68. The van der Waals surface area contributed by atoms with E-state index in [9.17, 15) is 9.90 Å². The van der Waals surface area contributed by atoms with Crippen LogP contribution in [0.25, 0.3) is 0 Å². The molecule has 3 heteroatoms. The first-order valence-corrected chi connectivity index (χ1v) is 6.26. The van der Waals surface area contributed by atoms with Crippen LogP contribution in [0.5, 0.6) is 0 Å². The number of nitrogens with two attached hydrogens (primary N) is 1. The maximum atomic E-state index is 11.5. The number of hydrogen-bond acceptors (Lipinski definition) is 2. The van der Waals surface area contributed by atoms with Crippen LogP contribution >= 0.6 is 0 Å². The molecule has 0 saturated heterocycles.